The molecule has 0 aliphatic carbocycles. The average Bonchev–Trinajstić information content (AvgIpc) is 2.77. The highest BCUT2D eigenvalue weighted by Gasteiger charge is 2.28. The lowest BCUT2D eigenvalue weighted by atomic mass is 9.89. The van der Waals surface area contributed by atoms with Crippen LogP contribution in [0.25, 0.3) is 22.6 Å². The summed E-state index contributed by atoms with van der Waals surface area (Å²) in [5.41, 5.74) is 4.23. The Bertz CT molecular complexity index is 1290. The van der Waals surface area contributed by atoms with Crippen LogP contribution in [0.5, 0.6) is 5.75 Å². The Hall–Kier alpha value is -3.39. The first kappa shape index (κ1) is 22.8. The maximum atomic E-state index is 6.16. The van der Waals surface area contributed by atoms with Gasteiger partial charge in [0, 0.05) is 28.7 Å². The van der Waals surface area contributed by atoms with E-state index >= 15 is 0 Å². The van der Waals surface area contributed by atoms with Gasteiger partial charge in [0.15, 0.2) is 0 Å². The number of rotatable bonds is 3. The molecule has 2 aromatic carbocycles. The number of para-hydroxylation sites is 2. The molecule has 2 heteroatoms. The van der Waals surface area contributed by atoms with Crippen LogP contribution >= 0.6 is 0 Å². The summed E-state index contributed by atoms with van der Waals surface area (Å²) in [4.78, 5) is 0. The summed E-state index contributed by atoms with van der Waals surface area (Å²) < 4.78 is 12.3. The summed E-state index contributed by atoms with van der Waals surface area (Å²) in [5.74, 6) is 2.87. The van der Waals surface area contributed by atoms with Crippen LogP contribution in [-0.2, 0) is 5.41 Å². The van der Waals surface area contributed by atoms with E-state index in [-0.39, 0.29) is 10.8 Å². The topological polar surface area (TPSA) is 20.5 Å². The molecule has 2 heterocycles. The third kappa shape index (κ3) is 5.17. The first-order valence-corrected chi connectivity index (χ1v) is 11.5. The van der Waals surface area contributed by atoms with Crippen molar-refractivity contribution in [3.63, 3.8) is 0 Å². The van der Waals surface area contributed by atoms with Crippen LogP contribution in [0.2, 0.25) is 0 Å². The Morgan fingerprint density at radius 2 is 1.52 bits per heavy atom. The average molecular weight is 438 g/mol. The van der Waals surface area contributed by atoms with Gasteiger partial charge in [0.05, 0.1) is 10.8 Å². The summed E-state index contributed by atoms with van der Waals surface area (Å²) in [6.45, 7) is 13.0. The van der Waals surface area contributed by atoms with Crippen LogP contribution in [0.3, 0.4) is 0 Å². The first-order chi connectivity index (χ1) is 15.6. The molecule has 0 saturated heterocycles. The summed E-state index contributed by atoms with van der Waals surface area (Å²) in [6, 6.07) is 18.6. The largest absolute Gasteiger partial charge is 0.461 e. The lowest BCUT2D eigenvalue weighted by molar-refractivity contribution is 0.291. The number of ether oxygens (including phenoxy) is 1. The third-order valence-corrected chi connectivity index (χ3v) is 5.66. The van der Waals surface area contributed by atoms with E-state index in [1.807, 2.05) is 36.4 Å². The van der Waals surface area contributed by atoms with Gasteiger partial charge >= 0.3 is 11.3 Å². The Morgan fingerprint density at radius 1 is 0.788 bits per heavy atom. The van der Waals surface area contributed by atoms with Gasteiger partial charge in [-0.25, -0.2) is 4.42 Å². The third-order valence-electron chi connectivity index (χ3n) is 5.66. The van der Waals surface area contributed by atoms with E-state index < -0.39 is 0 Å². The molecular weight excluding hydrogens is 404 g/mol. The Kier molecular flexibility index (Phi) is 6.12. The maximum Gasteiger partial charge on any atom is 0.360 e. The van der Waals surface area contributed by atoms with Crippen molar-refractivity contribution in [1.82, 2.24) is 0 Å². The van der Waals surface area contributed by atoms with Crippen LogP contribution in [0, 0.1) is 5.41 Å². The molecule has 1 aliphatic rings. The van der Waals surface area contributed by atoms with Crippen molar-refractivity contribution in [2.45, 2.75) is 47.0 Å². The van der Waals surface area contributed by atoms with Crippen molar-refractivity contribution < 1.29 is 9.15 Å². The number of hydrogen-bond acceptors (Lipinski definition) is 1. The lowest BCUT2D eigenvalue weighted by Gasteiger charge is -2.28. The van der Waals surface area contributed by atoms with E-state index in [0.717, 1.165) is 44.9 Å². The normalized spacial score (nSPS) is 15.8. The van der Waals surface area contributed by atoms with Crippen molar-refractivity contribution in [2.75, 3.05) is 0 Å². The van der Waals surface area contributed by atoms with Crippen LogP contribution in [-0.4, -0.2) is 0 Å². The zero-order valence-electron chi connectivity index (χ0n) is 20.5. The van der Waals surface area contributed by atoms with Gasteiger partial charge in [0.25, 0.3) is 0 Å². The Morgan fingerprint density at radius 3 is 2.27 bits per heavy atom. The fourth-order valence-corrected chi connectivity index (χ4v) is 3.72. The van der Waals surface area contributed by atoms with E-state index in [4.69, 9.17) is 9.15 Å². The fraction of sp³-hybridized carbons (Fsp3) is 0.258. The lowest BCUT2D eigenvalue weighted by Crippen LogP contribution is -2.18. The van der Waals surface area contributed by atoms with Crippen LogP contribution in [0.1, 0.15) is 58.4 Å². The van der Waals surface area contributed by atoms with Gasteiger partial charge in [0.2, 0.25) is 0 Å². The van der Waals surface area contributed by atoms with E-state index in [1.165, 1.54) is 0 Å². The molecule has 0 unspecified atom stereocenters. The van der Waals surface area contributed by atoms with Crippen molar-refractivity contribution in [2.24, 2.45) is 5.41 Å². The van der Waals surface area contributed by atoms with Gasteiger partial charge in [-0.05, 0) is 44.6 Å². The second kappa shape index (κ2) is 8.86. The molecule has 0 saturated carbocycles. The van der Waals surface area contributed by atoms with Gasteiger partial charge in [0.1, 0.15) is 11.5 Å². The minimum atomic E-state index is -0.0551. The SMILES string of the molecule is CC(C)(C)C1=CC(=CC=CC=Cc2cc(C(C)(C)C)[o+]c3ccccc23)c2ccccc2O1. The highest BCUT2D eigenvalue weighted by molar-refractivity contribution is 5.87. The Balaban J connectivity index is 1.64. The summed E-state index contributed by atoms with van der Waals surface area (Å²) in [7, 11) is 0. The highest BCUT2D eigenvalue weighted by Crippen LogP contribution is 2.39. The van der Waals surface area contributed by atoms with Crippen molar-refractivity contribution in [3.05, 3.63) is 108 Å². The zero-order chi connectivity index (χ0) is 23.6. The molecule has 0 bridgehead atoms. The van der Waals surface area contributed by atoms with Crippen LogP contribution in [0.4, 0.5) is 0 Å². The summed E-state index contributed by atoms with van der Waals surface area (Å²) in [5, 5.41) is 1.12. The number of hydrogen-bond donors (Lipinski definition) is 0. The molecule has 4 rings (SSSR count). The standard InChI is InChI=1S/C31H33O2/c1-30(2,3)28-20-22(24-16-10-12-18-26(24)32-28)14-8-7-9-15-23-21-29(31(4,5)6)33-27-19-13-11-17-25(23)27/h7-21H,1-6H3/q+1. The number of allylic oxidation sites excluding steroid dienone is 7. The minimum Gasteiger partial charge on any atom is -0.461 e. The molecule has 0 atom stereocenters. The molecule has 0 amide bonds. The van der Waals surface area contributed by atoms with Gasteiger partial charge in [-0.1, -0.05) is 81.5 Å². The quantitative estimate of drug-likeness (QED) is 0.301. The molecular formula is C31H33O2+. The predicted molar refractivity (Wildman–Crippen MR) is 140 cm³/mol. The first-order valence-electron chi connectivity index (χ1n) is 11.5. The number of benzene rings is 2. The molecule has 3 aromatic rings. The van der Waals surface area contributed by atoms with E-state index in [1.54, 1.807) is 0 Å². The van der Waals surface area contributed by atoms with Gasteiger partial charge in [-0.3, -0.25) is 0 Å². The monoisotopic (exact) mass is 437 g/mol. The molecule has 2 nitrogen and oxygen atoms in total. The summed E-state index contributed by atoms with van der Waals surface area (Å²) >= 11 is 0. The van der Waals surface area contributed by atoms with E-state index in [9.17, 15) is 0 Å². The molecule has 168 valence electrons. The second-order valence-electron chi connectivity index (χ2n) is 10.5. The van der Waals surface area contributed by atoms with Gasteiger partial charge < -0.3 is 4.74 Å². The van der Waals surface area contributed by atoms with Crippen molar-refractivity contribution >= 4 is 22.6 Å². The van der Waals surface area contributed by atoms with Gasteiger partial charge in [-0.2, -0.15) is 0 Å². The molecule has 1 aliphatic heterocycles. The maximum absolute atomic E-state index is 6.16. The molecule has 0 N–H and O–H groups in total. The molecule has 33 heavy (non-hydrogen) atoms. The number of fused-ring (bicyclic) bond motifs is 2. The highest BCUT2D eigenvalue weighted by atomic mass is 16.5. The van der Waals surface area contributed by atoms with Crippen LogP contribution < -0.4 is 4.74 Å². The van der Waals surface area contributed by atoms with E-state index in [2.05, 4.69) is 96.2 Å². The molecule has 1 aromatic heterocycles. The van der Waals surface area contributed by atoms with Crippen molar-refractivity contribution in [3.8, 4) is 5.75 Å². The van der Waals surface area contributed by atoms with Crippen molar-refractivity contribution in [1.29, 1.82) is 0 Å². The zero-order valence-corrected chi connectivity index (χ0v) is 20.5. The fourth-order valence-electron chi connectivity index (χ4n) is 3.72. The Labute approximate surface area is 197 Å². The molecule has 0 radical (unpaired) electrons. The summed E-state index contributed by atoms with van der Waals surface area (Å²) in [6.07, 6.45) is 12.7. The smallest absolute Gasteiger partial charge is 0.360 e. The minimum absolute atomic E-state index is 0.0551. The predicted octanol–water partition coefficient (Wildman–Crippen LogP) is 8.99. The van der Waals surface area contributed by atoms with E-state index in [0.29, 0.717) is 0 Å². The van der Waals surface area contributed by atoms with Crippen LogP contribution in [0.15, 0.2) is 95.2 Å². The molecule has 0 fully saturated rings. The van der Waals surface area contributed by atoms with Gasteiger partial charge in [-0.15, -0.1) is 0 Å². The molecule has 0 spiro atoms. The second-order valence-corrected chi connectivity index (χ2v) is 10.5.